The fourth-order valence-corrected chi connectivity index (χ4v) is 3.74. The van der Waals surface area contributed by atoms with Crippen molar-refractivity contribution in [3.8, 4) is 0 Å². The lowest BCUT2D eigenvalue weighted by molar-refractivity contribution is -0.0711. The fourth-order valence-electron chi connectivity index (χ4n) is 3.62. The monoisotopic (exact) mass is 472 g/mol. The van der Waals surface area contributed by atoms with Crippen molar-refractivity contribution >= 4 is 42.2 Å². The van der Waals surface area contributed by atoms with Crippen LogP contribution in [-0.2, 0) is 11.2 Å². The Morgan fingerprint density at radius 2 is 1.63 bits per heavy atom. The second kappa shape index (κ2) is 14.0. The van der Waals surface area contributed by atoms with E-state index in [1.54, 1.807) is 24.3 Å². The number of carbonyl (C=O) groups is 1. The highest BCUT2D eigenvalue weighted by Gasteiger charge is 2.24. The second-order valence-corrected chi connectivity index (χ2v) is 7.59. The molecule has 0 spiro atoms. The Morgan fingerprint density at radius 3 is 2.23 bits per heavy atom. The second-order valence-electron chi connectivity index (χ2n) is 7.16. The Hall–Kier alpha value is -1.14. The Labute approximate surface area is 197 Å². The third-order valence-electron chi connectivity index (χ3n) is 5.25. The molecule has 166 valence electrons. The van der Waals surface area contributed by atoms with Crippen LogP contribution in [0, 0.1) is 0 Å². The summed E-state index contributed by atoms with van der Waals surface area (Å²) in [5.74, 6) is 0.176. The molecule has 4 nitrogen and oxygen atoms in total. The van der Waals surface area contributed by atoms with Crippen molar-refractivity contribution < 1.29 is 9.53 Å². The first-order valence-electron chi connectivity index (χ1n) is 10.1. The van der Waals surface area contributed by atoms with E-state index < -0.39 is 0 Å². The molecule has 1 atom stereocenters. The Balaban J connectivity index is 0.00000225. The van der Waals surface area contributed by atoms with E-state index in [1.807, 2.05) is 6.07 Å². The Morgan fingerprint density at radius 1 is 1.00 bits per heavy atom. The molecule has 0 aliphatic carbocycles. The molecule has 1 heterocycles. The van der Waals surface area contributed by atoms with Crippen LogP contribution in [0.5, 0.6) is 0 Å². The van der Waals surface area contributed by atoms with E-state index in [1.165, 1.54) is 5.56 Å². The maximum absolute atomic E-state index is 12.4. The summed E-state index contributed by atoms with van der Waals surface area (Å²) in [4.78, 5) is 17.2. The minimum atomic E-state index is 0. The number of nitrogens with zero attached hydrogens (tertiary/aromatic N) is 2. The van der Waals surface area contributed by atoms with E-state index in [0.29, 0.717) is 18.1 Å². The molecule has 1 aliphatic rings. The molecule has 1 unspecified atom stereocenters. The van der Waals surface area contributed by atoms with Gasteiger partial charge in [-0.05, 0) is 36.8 Å². The SMILES string of the molecule is CCOC(Cc1ccccc1)N1CCN(CCC(=O)c2ccc(Cl)cc2)CC1.Cl.Cl. The van der Waals surface area contributed by atoms with E-state index in [4.69, 9.17) is 16.3 Å². The topological polar surface area (TPSA) is 32.8 Å². The molecule has 0 radical (unpaired) electrons. The van der Waals surface area contributed by atoms with Crippen molar-refractivity contribution in [1.29, 1.82) is 0 Å². The summed E-state index contributed by atoms with van der Waals surface area (Å²) in [5.41, 5.74) is 2.04. The van der Waals surface area contributed by atoms with Crippen LogP contribution in [-0.4, -0.2) is 61.1 Å². The lowest BCUT2D eigenvalue weighted by Gasteiger charge is -2.39. The Bertz CT molecular complexity index is 736. The highest BCUT2D eigenvalue weighted by Crippen LogP contribution is 2.15. The molecule has 0 N–H and O–H groups in total. The molecule has 0 aromatic heterocycles. The number of piperazine rings is 1. The average molecular weight is 474 g/mol. The van der Waals surface area contributed by atoms with Crippen molar-refractivity contribution in [3.05, 3.63) is 70.7 Å². The van der Waals surface area contributed by atoms with Gasteiger partial charge in [0.05, 0.1) is 0 Å². The van der Waals surface area contributed by atoms with Gasteiger partial charge in [-0.3, -0.25) is 9.69 Å². The van der Waals surface area contributed by atoms with Gasteiger partial charge >= 0.3 is 0 Å². The normalized spacial score (nSPS) is 15.7. The molecule has 0 amide bonds. The van der Waals surface area contributed by atoms with Gasteiger partial charge in [0.25, 0.3) is 0 Å². The van der Waals surface area contributed by atoms with Crippen molar-refractivity contribution in [2.24, 2.45) is 0 Å². The van der Waals surface area contributed by atoms with Gasteiger partial charge in [-0.15, -0.1) is 24.8 Å². The van der Waals surface area contributed by atoms with E-state index in [2.05, 4.69) is 41.0 Å². The van der Waals surface area contributed by atoms with Crippen LogP contribution in [0.4, 0.5) is 0 Å². The molecule has 1 aliphatic heterocycles. The minimum Gasteiger partial charge on any atom is -0.363 e. The molecule has 3 rings (SSSR count). The van der Waals surface area contributed by atoms with Gasteiger partial charge in [0.1, 0.15) is 6.23 Å². The van der Waals surface area contributed by atoms with Crippen molar-refractivity contribution in [2.75, 3.05) is 39.3 Å². The summed E-state index contributed by atoms with van der Waals surface area (Å²) in [6.07, 6.45) is 1.56. The molecule has 7 heteroatoms. The zero-order chi connectivity index (χ0) is 19.8. The van der Waals surface area contributed by atoms with Gasteiger partial charge in [0.15, 0.2) is 5.78 Å². The van der Waals surface area contributed by atoms with Gasteiger partial charge in [-0.2, -0.15) is 0 Å². The summed E-state index contributed by atoms with van der Waals surface area (Å²) in [7, 11) is 0. The average Bonchev–Trinajstić information content (AvgIpc) is 2.73. The van der Waals surface area contributed by atoms with Crippen molar-refractivity contribution in [1.82, 2.24) is 9.80 Å². The lowest BCUT2D eigenvalue weighted by Crippen LogP contribution is -2.52. The largest absolute Gasteiger partial charge is 0.363 e. The Kier molecular flexibility index (Phi) is 12.6. The number of hydrogen-bond acceptors (Lipinski definition) is 4. The number of ether oxygens (including phenoxy) is 1. The smallest absolute Gasteiger partial charge is 0.164 e. The van der Waals surface area contributed by atoms with Gasteiger partial charge < -0.3 is 9.64 Å². The number of hydrogen-bond donors (Lipinski definition) is 0. The van der Waals surface area contributed by atoms with Crippen LogP contribution >= 0.6 is 36.4 Å². The van der Waals surface area contributed by atoms with Crippen LogP contribution in [0.2, 0.25) is 5.02 Å². The predicted molar refractivity (Wildman–Crippen MR) is 128 cm³/mol. The number of benzene rings is 2. The van der Waals surface area contributed by atoms with Crippen molar-refractivity contribution in [3.63, 3.8) is 0 Å². The molecular weight excluding hydrogens is 443 g/mol. The standard InChI is InChI=1S/C23H29ClN2O2.2ClH/c1-2-28-23(18-19-6-4-3-5-7-19)26-16-14-25(15-17-26)13-12-22(27)20-8-10-21(24)11-9-20;;/h3-11,23H,2,12-18H2,1H3;2*1H. The van der Waals surface area contributed by atoms with Crippen LogP contribution < -0.4 is 0 Å². The molecule has 2 aromatic rings. The summed E-state index contributed by atoms with van der Waals surface area (Å²) in [5, 5.41) is 0.659. The first kappa shape index (κ1) is 26.9. The van der Waals surface area contributed by atoms with E-state index in [0.717, 1.165) is 44.7 Å². The van der Waals surface area contributed by atoms with E-state index in [9.17, 15) is 4.79 Å². The predicted octanol–water partition coefficient (Wildman–Crippen LogP) is 4.98. The highest BCUT2D eigenvalue weighted by molar-refractivity contribution is 6.30. The molecule has 1 saturated heterocycles. The third kappa shape index (κ3) is 8.18. The first-order valence-corrected chi connectivity index (χ1v) is 10.4. The summed E-state index contributed by atoms with van der Waals surface area (Å²) in [6, 6.07) is 17.7. The number of halogens is 3. The lowest BCUT2D eigenvalue weighted by atomic mass is 10.1. The van der Waals surface area contributed by atoms with Gasteiger partial charge in [0.2, 0.25) is 0 Å². The molecule has 0 bridgehead atoms. The molecule has 2 aromatic carbocycles. The fraction of sp³-hybridized carbons (Fsp3) is 0.435. The zero-order valence-corrected chi connectivity index (χ0v) is 19.7. The quantitative estimate of drug-likeness (QED) is 0.481. The van der Waals surface area contributed by atoms with Gasteiger partial charge in [-0.1, -0.05) is 41.9 Å². The van der Waals surface area contributed by atoms with E-state index in [-0.39, 0.29) is 36.8 Å². The maximum Gasteiger partial charge on any atom is 0.164 e. The molecule has 0 saturated carbocycles. The number of rotatable bonds is 9. The van der Waals surface area contributed by atoms with Gasteiger partial charge in [-0.25, -0.2) is 0 Å². The van der Waals surface area contributed by atoms with E-state index >= 15 is 0 Å². The molecule has 30 heavy (non-hydrogen) atoms. The number of carbonyl (C=O) groups excluding carboxylic acids is 1. The summed E-state index contributed by atoms with van der Waals surface area (Å²) in [6.45, 7) is 7.43. The van der Waals surface area contributed by atoms with Gasteiger partial charge in [0, 0.05) is 62.8 Å². The summed E-state index contributed by atoms with van der Waals surface area (Å²) < 4.78 is 6.03. The zero-order valence-electron chi connectivity index (χ0n) is 17.3. The molecular formula is C23H31Cl3N2O2. The summed E-state index contributed by atoms with van der Waals surface area (Å²) >= 11 is 5.89. The first-order chi connectivity index (χ1) is 13.7. The van der Waals surface area contributed by atoms with Crippen molar-refractivity contribution in [2.45, 2.75) is 26.0 Å². The van der Waals surface area contributed by atoms with Crippen LogP contribution in [0.1, 0.15) is 29.3 Å². The van der Waals surface area contributed by atoms with Crippen LogP contribution in [0.15, 0.2) is 54.6 Å². The molecule has 1 fully saturated rings. The maximum atomic E-state index is 12.4. The third-order valence-corrected chi connectivity index (χ3v) is 5.50. The highest BCUT2D eigenvalue weighted by atomic mass is 35.5. The van der Waals surface area contributed by atoms with Crippen LogP contribution in [0.25, 0.3) is 0 Å². The number of ketones is 1. The van der Waals surface area contributed by atoms with Crippen LogP contribution in [0.3, 0.4) is 0 Å². The number of Topliss-reactive ketones (excluding diaryl/α,β-unsaturated/α-hetero) is 1. The minimum absolute atomic E-state index is 0.